The number of carbonyl (C=O) groups excluding carboxylic acids is 3. The first-order valence-electron chi connectivity index (χ1n) is 9.24. The van der Waals surface area contributed by atoms with Gasteiger partial charge in [-0.05, 0) is 51.4 Å². The van der Waals surface area contributed by atoms with E-state index in [4.69, 9.17) is 0 Å². The van der Waals surface area contributed by atoms with Gasteiger partial charge in [0.2, 0.25) is 0 Å². The van der Waals surface area contributed by atoms with Gasteiger partial charge < -0.3 is 0 Å². The zero-order valence-corrected chi connectivity index (χ0v) is 13.5. The average molecular weight is 304 g/mol. The zero-order valence-electron chi connectivity index (χ0n) is 13.5. The van der Waals surface area contributed by atoms with E-state index in [1.165, 1.54) is 0 Å². The molecule has 3 aliphatic rings. The van der Waals surface area contributed by atoms with Crippen LogP contribution in [0.5, 0.6) is 0 Å². The van der Waals surface area contributed by atoms with Crippen molar-refractivity contribution in [3.05, 3.63) is 0 Å². The van der Waals surface area contributed by atoms with Gasteiger partial charge in [0.1, 0.15) is 17.3 Å². The van der Waals surface area contributed by atoms with Crippen molar-refractivity contribution in [2.75, 3.05) is 0 Å². The SMILES string of the molecule is O=C1CCCCC1CC1CCC(CC2CCCCC2=O)C1=O. The summed E-state index contributed by atoms with van der Waals surface area (Å²) < 4.78 is 0. The van der Waals surface area contributed by atoms with E-state index < -0.39 is 0 Å². The first-order chi connectivity index (χ1) is 10.6. The van der Waals surface area contributed by atoms with Gasteiger partial charge in [-0.15, -0.1) is 0 Å². The molecule has 3 aliphatic carbocycles. The Morgan fingerprint density at radius 2 is 1.05 bits per heavy atom. The molecule has 3 nitrogen and oxygen atoms in total. The topological polar surface area (TPSA) is 51.2 Å². The van der Waals surface area contributed by atoms with E-state index in [9.17, 15) is 14.4 Å². The fourth-order valence-electron chi connectivity index (χ4n) is 4.78. The number of rotatable bonds is 4. The van der Waals surface area contributed by atoms with Crippen LogP contribution in [0.4, 0.5) is 0 Å². The van der Waals surface area contributed by atoms with Gasteiger partial charge in [-0.1, -0.05) is 12.8 Å². The molecular formula is C19H28O3. The number of Topliss-reactive ketones (excluding diaryl/α,β-unsaturated/α-hetero) is 3. The molecule has 22 heavy (non-hydrogen) atoms. The fraction of sp³-hybridized carbons (Fsp3) is 0.842. The van der Waals surface area contributed by atoms with Crippen LogP contribution in [0.25, 0.3) is 0 Å². The molecule has 0 aromatic carbocycles. The first kappa shape index (κ1) is 15.9. The van der Waals surface area contributed by atoms with Gasteiger partial charge in [0, 0.05) is 36.5 Å². The van der Waals surface area contributed by atoms with Gasteiger partial charge in [0.15, 0.2) is 0 Å². The Balaban J connectivity index is 1.53. The number of hydrogen-bond acceptors (Lipinski definition) is 3. The van der Waals surface area contributed by atoms with E-state index in [-0.39, 0.29) is 23.7 Å². The van der Waals surface area contributed by atoms with E-state index in [0.717, 1.165) is 64.2 Å². The average Bonchev–Trinajstić information content (AvgIpc) is 2.85. The molecule has 0 N–H and O–H groups in total. The van der Waals surface area contributed by atoms with Crippen molar-refractivity contribution in [2.24, 2.45) is 23.7 Å². The van der Waals surface area contributed by atoms with Crippen LogP contribution in [0.1, 0.15) is 77.0 Å². The quantitative estimate of drug-likeness (QED) is 0.792. The molecule has 4 atom stereocenters. The van der Waals surface area contributed by atoms with Crippen molar-refractivity contribution in [3.63, 3.8) is 0 Å². The molecule has 0 spiro atoms. The molecule has 0 aliphatic heterocycles. The van der Waals surface area contributed by atoms with E-state index in [1.54, 1.807) is 0 Å². The van der Waals surface area contributed by atoms with Crippen molar-refractivity contribution in [2.45, 2.75) is 77.0 Å². The third kappa shape index (κ3) is 3.49. The van der Waals surface area contributed by atoms with Crippen molar-refractivity contribution in [1.29, 1.82) is 0 Å². The molecule has 0 bridgehead atoms. The van der Waals surface area contributed by atoms with Gasteiger partial charge in [0.05, 0.1) is 0 Å². The smallest absolute Gasteiger partial charge is 0.139 e. The first-order valence-corrected chi connectivity index (χ1v) is 9.24. The summed E-state index contributed by atoms with van der Waals surface area (Å²) in [5.74, 6) is 1.58. The van der Waals surface area contributed by atoms with Gasteiger partial charge >= 0.3 is 0 Å². The normalized spacial score (nSPS) is 36.8. The second kappa shape index (κ2) is 7.06. The lowest BCUT2D eigenvalue weighted by molar-refractivity contribution is -0.128. The molecular weight excluding hydrogens is 276 g/mol. The van der Waals surface area contributed by atoms with Gasteiger partial charge in [0.25, 0.3) is 0 Å². The molecule has 0 aromatic heterocycles. The molecule has 4 unspecified atom stereocenters. The minimum absolute atomic E-state index is 0.0933. The summed E-state index contributed by atoms with van der Waals surface area (Å²) in [7, 11) is 0. The molecule has 0 saturated heterocycles. The number of carbonyl (C=O) groups is 3. The molecule has 3 fully saturated rings. The van der Waals surface area contributed by atoms with Gasteiger partial charge in [-0.3, -0.25) is 14.4 Å². The summed E-state index contributed by atoms with van der Waals surface area (Å²) in [5.41, 5.74) is 0. The predicted molar refractivity (Wildman–Crippen MR) is 84.4 cm³/mol. The largest absolute Gasteiger partial charge is 0.299 e. The molecule has 0 heterocycles. The summed E-state index contributed by atoms with van der Waals surface area (Å²) in [6, 6.07) is 0. The molecule has 3 rings (SSSR count). The third-order valence-corrected chi connectivity index (χ3v) is 6.17. The van der Waals surface area contributed by atoms with Gasteiger partial charge in [-0.25, -0.2) is 0 Å². The highest BCUT2D eigenvalue weighted by Gasteiger charge is 2.39. The fourth-order valence-corrected chi connectivity index (χ4v) is 4.78. The minimum atomic E-state index is 0.0933. The molecule has 3 saturated carbocycles. The Hall–Kier alpha value is -0.990. The predicted octanol–water partition coefficient (Wildman–Crippen LogP) is 3.88. The summed E-state index contributed by atoms with van der Waals surface area (Å²) in [5, 5.41) is 0. The maximum atomic E-state index is 12.6. The maximum absolute atomic E-state index is 12.6. The summed E-state index contributed by atoms with van der Waals surface area (Å²) >= 11 is 0. The van der Waals surface area contributed by atoms with Crippen LogP contribution in [-0.4, -0.2) is 17.3 Å². The van der Waals surface area contributed by atoms with Crippen molar-refractivity contribution in [1.82, 2.24) is 0 Å². The zero-order chi connectivity index (χ0) is 15.5. The second-order valence-corrected chi connectivity index (χ2v) is 7.66. The van der Waals surface area contributed by atoms with E-state index in [2.05, 4.69) is 0 Å². The van der Waals surface area contributed by atoms with Crippen LogP contribution in [0.15, 0.2) is 0 Å². The van der Waals surface area contributed by atoms with E-state index in [0.29, 0.717) is 30.2 Å². The van der Waals surface area contributed by atoms with Crippen LogP contribution >= 0.6 is 0 Å². The Bertz CT molecular complexity index is 414. The minimum Gasteiger partial charge on any atom is -0.299 e. The van der Waals surface area contributed by atoms with Crippen molar-refractivity contribution < 1.29 is 14.4 Å². The lowest BCUT2D eigenvalue weighted by atomic mass is 9.79. The maximum Gasteiger partial charge on any atom is 0.139 e. The number of hydrogen-bond donors (Lipinski definition) is 0. The van der Waals surface area contributed by atoms with Crippen LogP contribution in [-0.2, 0) is 14.4 Å². The van der Waals surface area contributed by atoms with E-state index >= 15 is 0 Å². The van der Waals surface area contributed by atoms with Crippen LogP contribution in [0.3, 0.4) is 0 Å². The monoisotopic (exact) mass is 304 g/mol. The highest BCUT2D eigenvalue weighted by molar-refractivity contribution is 5.88. The van der Waals surface area contributed by atoms with Crippen molar-refractivity contribution >= 4 is 17.3 Å². The van der Waals surface area contributed by atoms with E-state index in [1.807, 2.05) is 0 Å². The van der Waals surface area contributed by atoms with Crippen LogP contribution in [0.2, 0.25) is 0 Å². The summed E-state index contributed by atoms with van der Waals surface area (Å²) in [6.45, 7) is 0. The van der Waals surface area contributed by atoms with Crippen LogP contribution < -0.4 is 0 Å². The second-order valence-electron chi connectivity index (χ2n) is 7.66. The Kier molecular flexibility index (Phi) is 5.10. The lowest BCUT2D eigenvalue weighted by Gasteiger charge is -2.24. The molecule has 0 amide bonds. The van der Waals surface area contributed by atoms with Crippen LogP contribution in [0, 0.1) is 23.7 Å². The lowest BCUT2D eigenvalue weighted by Crippen LogP contribution is -2.27. The molecule has 0 radical (unpaired) electrons. The van der Waals surface area contributed by atoms with Gasteiger partial charge in [-0.2, -0.15) is 0 Å². The number of ketones is 3. The Morgan fingerprint density at radius 3 is 1.45 bits per heavy atom. The molecule has 0 aromatic rings. The Labute approximate surface area is 133 Å². The third-order valence-electron chi connectivity index (χ3n) is 6.17. The molecule has 122 valence electrons. The van der Waals surface area contributed by atoms with Crippen molar-refractivity contribution in [3.8, 4) is 0 Å². The molecule has 3 heteroatoms. The highest BCUT2D eigenvalue weighted by Crippen LogP contribution is 2.39. The standard InChI is InChI=1S/C19H28O3/c20-17-7-3-1-5-13(17)11-15-9-10-16(19(15)22)12-14-6-2-4-8-18(14)21/h13-16H,1-12H2. The Morgan fingerprint density at radius 1 is 0.591 bits per heavy atom. The summed E-state index contributed by atoms with van der Waals surface area (Å²) in [6.07, 6.45) is 11.2. The summed E-state index contributed by atoms with van der Waals surface area (Å²) in [4.78, 5) is 36.6. The highest BCUT2D eigenvalue weighted by atomic mass is 16.1.